The van der Waals surface area contributed by atoms with Gasteiger partial charge in [-0.3, -0.25) is 0 Å². The summed E-state index contributed by atoms with van der Waals surface area (Å²) in [5.74, 6) is 1.92. The Bertz CT molecular complexity index is 3690. The smallest absolute Gasteiger partial charge is 0.164 e. The van der Waals surface area contributed by atoms with Crippen LogP contribution in [0.25, 0.3) is 100 Å². The van der Waals surface area contributed by atoms with Crippen LogP contribution in [0.1, 0.15) is 30.1 Å². The normalized spacial score (nSPS) is 14.7. The summed E-state index contributed by atoms with van der Waals surface area (Å²) >= 11 is 0. The Labute approximate surface area is 375 Å². The first kappa shape index (κ1) is 37.2. The van der Waals surface area contributed by atoms with E-state index in [1.54, 1.807) is 0 Å². The Morgan fingerprint density at radius 1 is 0.492 bits per heavy atom. The van der Waals surface area contributed by atoms with Crippen LogP contribution in [0.15, 0.2) is 206 Å². The first-order valence-electron chi connectivity index (χ1n) is 22.4. The number of aromatic nitrogens is 7. The highest BCUT2D eigenvalue weighted by atomic mass is 15.3. The molecule has 0 radical (unpaired) electrons. The number of rotatable bonds is 7. The van der Waals surface area contributed by atoms with E-state index in [1.807, 2.05) is 60.7 Å². The molecule has 0 amide bonds. The summed E-state index contributed by atoms with van der Waals surface area (Å²) in [5, 5.41) is 10.2. The second kappa shape index (κ2) is 15.1. The molecule has 0 saturated heterocycles. The van der Waals surface area contributed by atoms with Gasteiger partial charge in [0.2, 0.25) is 0 Å². The van der Waals surface area contributed by atoms with Gasteiger partial charge in [-0.25, -0.2) is 19.6 Å². The number of aryl methyl sites for hydroxylation is 1. The van der Waals surface area contributed by atoms with Crippen molar-refractivity contribution >= 4 is 49.3 Å². The molecule has 2 aliphatic carbocycles. The number of benzene rings is 7. The second-order valence-electron chi connectivity index (χ2n) is 16.9. The average Bonchev–Trinajstić information content (AvgIpc) is 4.08. The maximum atomic E-state index is 5.26. The highest BCUT2D eigenvalue weighted by Gasteiger charge is 2.28. The van der Waals surface area contributed by atoms with Crippen molar-refractivity contribution in [3.63, 3.8) is 0 Å². The van der Waals surface area contributed by atoms with Gasteiger partial charge in [-0.15, -0.1) is 0 Å². The van der Waals surface area contributed by atoms with Crippen LogP contribution in [-0.4, -0.2) is 33.9 Å². The molecule has 2 aliphatic rings. The van der Waals surface area contributed by atoms with Gasteiger partial charge in [0.15, 0.2) is 17.5 Å². The van der Waals surface area contributed by atoms with Crippen LogP contribution in [-0.2, 0) is 6.42 Å². The van der Waals surface area contributed by atoms with Gasteiger partial charge >= 0.3 is 0 Å². The molecular weight excluding hydrogens is 795 g/mol. The number of hydrogen-bond acceptors (Lipinski definition) is 4. The summed E-state index contributed by atoms with van der Waals surface area (Å²) in [6.07, 6.45) is 16.2. The van der Waals surface area contributed by atoms with Crippen LogP contribution in [0.5, 0.6) is 0 Å². The third-order valence-electron chi connectivity index (χ3n) is 13.1. The SMILES string of the molecule is C1=CCC(n2c3ccccc3c3ccc4c(cnn4C4=CCCc5c4n(-c4cccc(-c6cccc(-c7nc(-c8ccccc8)nc(-c8ccccc8)n7)c6)c4)c4ccccc54)c32)C=C1. The fourth-order valence-electron chi connectivity index (χ4n) is 10.2. The molecule has 0 N–H and O–H groups in total. The minimum absolute atomic E-state index is 0.225. The average molecular weight is 836 g/mol. The van der Waals surface area contributed by atoms with Gasteiger partial charge in [0.1, 0.15) is 0 Å². The minimum atomic E-state index is 0.225. The maximum absolute atomic E-state index is 5.26. The number of allylic oxidation sites excluding steroid dienone is 5. The van der Waals surface area contributed by atoms with Gasteiger partial charge in [0, 0.05) is 49.4 Å². The van der Waals surface area contributed by atoms with Gasteiger partial charge in [0.25, 0.3) is 0 Å². The van der Waals surface area contributed by atoms with E-state index in [0.29, 0.717) is 17.5 Å². The summed E-state index contributed by atoms with van der Waals surface area (Å²) in [6.45, 7) is 0. The van der Waals surface area contributed by atoms with Crippen LogP contribution < -0.4 is 0 Å². The van der Waals surface area contributed by atoms with Crippen LogP contribution in [0.2, 0.25) is 0 Å². The van der Waals surface area contributed by atoms with Crippen LogP contribution >= 0.6 is 0 Å². The summed E-state index contributed by atoms with van der Waals surface area (Å²) < 4.78 is 7.17. The summed E-state index contributed by atoms with van der Waals surface area (Å²) in [7, 11) is 0. The van der Waals surface area contributed by atoms with Crippen molar-refractivity contribution in [3.8, 4) is 51.0 Å². The Balaban J connectivity index is 0.942. The molecule has 0 fully saturated rings. The number of hydrogen-bond donors (Lipinski definition) is 0. The van der Waals surface area contributed by atoms with Crippen molar-refractivity contribution in [2.24, 2.45) is 0 Å². The minimum Gasteiger partial charge on any atom is -0.333 e. The van der Waals surface area contributed by atoms with E-state index in [2.05, 4.69) is 160 Å². The molecule has 1 unspecified atom stereocenters. The van der Waals surface area contributed by atoms with E-state index in [-0.39, 0.29) is 6.04 Å². The molecule has 0 bridgehead atoms. The van der Waals surface area contributed by atoms with E-state index < -0.39 is 0 Å². The zero-order valence-corrected chi connectivity index (χ0v) is 35.5. The van der Waals surface area contributed by atoms with Gasteiger partial charge in [-0.2, -0.15) is 5.10 Å². The van der Waals surface area contributed by atoms with E-state index in [1.165, 1.54) is 44.0 Å². The van der Waals surface area contributed by atoms with Gasteiger partial charge in [-0.05, 0) is 72.4 Å². The van der Waals surface area contributed by atoms with Crippen molar-refractivity contribution in [2.45, 2.75) is 25.3 Å². The fourth-order valence-corrected chi connectivity index (χ4v) is 10.2. The molecule has 7 nitrogen and oxygen atoms in total. The molecule has 7 aromatic carbocycles. The predicted molar refractivity (Wildman–Crippen MR) is 265 cm³/mol. The van der Waals surface area contributed by atoms with E-state index in [4.69, 9.17) is 20.1 Å². The summed E-state index contributed by atoms with van der Waals surface area (Å²) in [4.78, 5) is 15.0. The van der Waals surface area contributed by atoms with E-state index >= 15 is 0 Å². The van der Waals surface area contributed by atoms with Gasteiger partial charge < -0.3 is 9.13 Å². The lowest BCUT2D eigenvalue weighted by molar-refractivity contribution is 0.649. The molecule has 0 saturated carbocycles. The second-order valence-corrected chi connectivity index (χ2v) is 16.9. The van der Waals surface area contributed by atoms with Crippen molar-refractivity contribution in [2.75, 3.05) is 0 Å². The first-order valence-corrected chi connectivity index (χ1v) is 22.4. The Morgan fingerprint density at radius 2 is 1.14 bits per heavy atom. The third kappa shape index (κ3) is 6.11. The molecule has 0 spiro atoms. The quantitative estimate of drug-likeness (QED) is 0.160. The first-order chi connectivity index (χ1) is 32.2. The van der Waals surface area contributed by atoms with Crippen molar-refractivity contribution in [3.05, 3.63) is 218 Å². The molecule has 13 rings (SSSR count). The standard InChI is InChI=1S/C58H41N7/c1-4-17-38(18-5-1)56-60-57(39-19-6-2-7-20-39)62-58(61-56)42-23-14-21-40(35-42)41-22-15-26-44(36-41)64-51-31-13-10-27-45(51)47-29-16-32-53(55(47)64)65-52-34-33-48-46-28-11-12-30-50(46)63(43-24-8-3-9-25-43)54(48)49(52)37-59-65/h1-15,17-24,26-28,30-37,43H,16,25,29H2. The van der Waals surface area contributed by atoms with E-state index in [9.17, 15) is 0 Å². The molecular formula is C58H41N7. The van der Waals surface area contributed by atoms with Crippen LogP contribution in [0.4, 0.5) is 0 Å². The predicted octanol–water partition coefficient (Wildman–Crippen LogP) is 13.8. The number of nitrogens with zero attached hydrogens (tertiary/aromatic N) is 7. The number of para-hydroxylation sites is 2. The molecule has 4 aromatic heterocycles. The Morgan fingerprint density at radius 3 is 1.89 bits per heavy atom. The fraction of sp³-hybridized carbons (Fsp3) is 0.0690. The van der Waals surface area contributed by atoms with Crippen molar-refractivity contribution < 1.29 is 0 Å². The number of fused-ring (bicyclic) bond motifs is 8. The van der Waals surface area contributed by atoms with Crippen molar-refractivity contribution in [1.29, 1.82) is 0 Å². The largest absolute Gasteiger partial charge is 0.333 e. The monoisotopic (exact) mass is 835 g/mol. The lowest BCUT2D eigenvalue weighted by atomic mass is 9.98. The highest BCUT2D eigenvalue weighted by molar-refractivity contribution is 6.17. The molecule has 7 heteroatoms. The molecule has 11 aromatic rings. The molecule has 308 valence electrons. The zero-order chi connectivity index (χ0) is 42.8. The molecule has 1 atom stereocenters. The lowest BCUT2D eigenvalue weighted by Crippen LogP contribution is -2.12. The summed E-state index contributed by atoms with van der Waals surface area (Å²) in [6, 6.07) is 60.1. The van der Waals surface area contributed by atoms with Gasteiger partial charge in [0.05, 0.1) is 40.2 Å². The van der Waals surface area contributed by atoms with Crippen LogP contribution in [0, 0.1) is 0 Å². The summed E-state index contributed by atoms with van der Waals surface area (Å²) in [5.41, 5.74) is 14.5. The third-order valence-corrected chi connectivity index (χ3v) is 13.1. The topological polar surface area (TPSA) is 66.3 Å². The Kier molecular flexibility index (Phi) is 8.66. The van der Waals surface area contributed by atoms with Crippen LogP contribution in [0.3, 0.4) is 0 Å². The maximum Gasteiger partial charge on any atom is 0.164 e. The van der Waals surface area contributed by atoms with Crippen molar-refractivity contribution in [1.82, 2.24) is 33.9 Å². The Hall–Kier alpha value is -8.42. The van der Waals surface area contributed by atoms with Gasteiger partial charge in [-0.1, -0.05) is 164 Å². The molecule has 0 aliphatic heterocycles. The highest BCUT2D eigenvalue weighted by Crippen LogP contribution is 2.43. The molecule has 4 heterocycles. The van der Waals surface area contributed by atoms with E-state index in [0.717, 1.165) is 69.4 Å². The lowest BCUT2D eigenvalue weighted by Gasteiger charge is -2.20. The zero-order valence-electron chi connectivity index (χ0n) is 35.5. The molecule has 65 heavy (non-hydrogen) atoms.